The highest BCUT2D eigenvalue weighted by Crippen LogP contribution is 2.19. The van der Waals surface area contributed by atoms with Gasteiger partial charge in [-0.2, -0.15) is 0 Å². The van der Waals surface area contributed by atoms with E-state index in [2.05, 4.69) is 19.2 Å². The van der Waals surface area contributed by atoms with Crippen LogP contribution in [0.2, 0.25) is 0 Å². The predicted octanol–water partition coefficient (Wildman–Crippen LogP) is 3.35. The van der Waals surface area contributed by atoms with Gasteiger partial charge in [0.25, 0.3) is 0 Å². The SMILES string of the molecule is CC(C)CCC(CCC(=O)NC1CCCCC1)C(=O)O. The number of amides is 1. The van der Waals surface area contributed by atoms with Crippen LogP contribution >= 0.6 is 0 Å². The first kappa shape index (κ1) is 17.0. The predicted molar refractivity (Wildman–Crippen MR) is 79.4 cm³/mol. The number of nitrogens with one attached hydrogen (secondary N) is 1. The Balaban J connectivity index is 2.26. The van der Waals surface area contributed by atoms with Crippen molar-refractivity contribution in [3.05, 3.63) is 0 Å². The molecule has 1 unspecified atom stereocenters. The monoisotopic (exact) mass is 283 g/mol. The molecule has 0 saturated heterocycles. The fourth-order valence-corrected chi connectivity index (χ4v) is 2.78. The maximum absolute atomic E-state index is 11.9. The number of aliphatic carboxylic acids is 1. The van der Waals surface area contributed by atoms with Gasteiger partial charge < -0.3 is 10.4 Å². The summed E-state index contributed by atoms with van der Waals surface area (Å²) in [4.78, 5) is 23.1. The molecule has 1 fully saturated rings. The van der Waals surface area contributed by atoms with Crippen LogP contribution in [-0.4, -0.2) is 23.0 Å². The molecule has 0 radical (unpaired) electrons. The minimum absolute atomic E-state index is 0.0210. The molecule has 1 aliphatic rings. The molecule has 4 nitrogen and oxygen atoms in total. The van der Waals surface area contributed by atoms with Gasteiger partial charge in [0.15, 0.2) is 0 Å². The highest BCUT2D eigenvalue weighted by Gasteiger charge is 2.20. The van der Waals surface area contributed by atoms with Crippen molar-refractivity contribution in [2.24, 2.45) is 11.8 Å². The van der Waals surface area contributed by atoms with Crippen LogP contribution in [0.4, 0.5) is 0 Å². The number of hydrogen-bond acceptors (Lipinski definition) is 2. The third-order valence-electron chi connectivity index (χ3n) is 4.13. The molecule has 1 aliphatic carbocycles. The third kappa shape index (κ3) is 6.92. The lowest BCUT2D eigenvalue weighted by Crippen LogP contribution is -2.36. The molecule has 0 aromatic heterocycles. The molecular formula is C16H29NO3. The average Bonchev–Trinajstić information content (AvgIpc) is 2.39. The van der Waals surface area contributed by atoms with Crippen molar-refractivity contribution in [3.63, 3.8) is 0 Å². The van der Waals surface area contributed by atoms with E-state index in [9.17, 15) is 14.7 Å². The van der Waals surface area contributed by atoms with Crippen molar-refractivity contribution >= 4 is 11.9 Å². The molecule has 0 aliphatic heterocycles. The van der Waals surface area contributed by atoms with Gasteiger partial charge in [-0.1, -0.05) is 39.5 Å². The van der Waals surface area contributed by atoms with E-state index in [0.29, 0.717) is 31.2 Å². The number of carboxylic acids is 1. The third-order valence-corrected chi connectivity index (χ3v) is 4.13. The lowest BCUT2D eigenvalue weighted by atomic mass is 9.93. The molecule has 0 bridgehead atoms. The normalized spacial score (nSPS) is 17.9. The molecular weight excluding hydrogens is 254 g/mol. The molecule has 0 spiro atoms. The standard InChI is InChI=1S/C16H29NO3/c1-12(2)8-9-13(16(19)20)10-11-15(18)17-14-6-4-3-5-7-14/h12-14H,3-11H2,1-2H3,(H,17,18)(H,19,20). The van der Waals surface area contributed by atoms with E-state index in [-0.39, 0.29) is 11.8 Å². The summed E-state index contributed by atoms with van der Waals surface area (Å²) in [5, 5.41) is 12.2. The highest BCUT2D eigenvalue weighted by atomic mass is 16.4. The van der Waals surface area contributed by atoms with Crippen molar-refractivity contribution in [2.75, 3.05) is 0 Å². The molecule has 4 heteroatoms. The van der Waals surface area contributed by atoms with Gasteiger partial charge in [-0.3, -0.25) is 9.59 Å². The summed E-state index contributed by atoms with van der Waals surface area (Å²) in [6.45, 7) is 4.18. The minimum Gasteiger partial charge on any atom is -0.481 e. The van der Waals surface area contributed by atoms with Gasteiger partial charge in [0.1, 0.15) is 0 Å². The van der Waals surface area contributed by atoms with Crippen LogP contribution in [0.3, 0.4) is 0 Å². The van der Waals surface area contributed by atoms with E-state index >= 15 is 0 Å². The van der Waals surface area contributed by atoms with Gasteiger partial charge in [0, 0.05) is 12.5 Å². The van der Waals surface area contributed by atoms with Gasteiger partial charge in [-0.15, -0.1) is 0 Å². The summed E-state index contributed by atoms with van der Waals surface area (Å²) in [6.07, 6.45) is 8.16. The minimum atomic E-state index is -0.767. The molecule has 0 heterocycles. The van der Waals surface area contributed by atoms with Crippen molar-refractivity contribution in [1.82, 2.24) is 5.32 Å². The van der Waals surface area contributed by atoms with Crippen LogP contribution in [0.15, 0.2) is 0 Å². The van der Waals surface area contributed by atoms with Crippen molar-refractivity contribution < 1.29 is 14.7 Å². The Morgan fingerprint density at radius 2 is 1.75 bits per heavy atom. The average molecular weight is 283 g/mol. The smallest absolute Gasteiger partial charge is 0.306 e. The van der Waals surface area contributed by atoms with E-state index < -0.39 is 5.97 Å². The largest absolute Gasteiger partial charge is 0.481 e. The van der Waals surface area contributed by atoms with E-state index in [4.69, 9.17) is 0 Å². The zero-order valence-corrected chi connectivity index (χ0v) is 12.9. The second kappa shape index (κ2) is 8.98. The maximum atomic E-state index is 11.9. The first-order valence-corrected chi connectivity index (χ1v) is 8.01. The molecule has 1 atom stereocenters. The van der Waals surface area contributed by atoms with Crippen LogP contribution in [0, 0.1) is 11.8 Å². The van der Waals surface area contributed by atoms with Crippen LogP contribution in [0.25, 0.3) is 0 Å². The highest BCUT2D eigenvalue weighted by molar-refractivity contribution is 5.77. The van der Waals surface area contributed by atoms with Gasteiger partial charge in [0.05, 0.1) is 5.92 Å². The second-order valence-electron chi connectivity index (χ2n) is 6.45. The first-order chi connectivity index (χ1) is 9.49. The Labute approximate surface area is 122 Å². The van der Waals surface area contributed by atoms with Crippen molar-refractivity contribution in [1.29, 1.82) is 0 Å². The van der Waals surface area contributed by atoms with E-state index in [0.717, 1.165) is 19.3 Å². The summed E-state index contributed by atoms with van der Waals surface area (Å²) in [5.74, 6) is -0.619. The van der Waals surface area contributed by atoms with Gasteiger partial charge in [-0.05, 0) is 31.6 Å². The summed E-state index contributed by atoms with van der Waals surface area (Å²) in [5.41, 5.74) is 0. The Morgan fingerprint density at radius 1 is 1.10 bits per heavy atom. The van der Waals surface area contributed by atoms with Crippen LogP contribution in [0.1, 0.15) is 71.6 Å². The molecule has 0 aromatic carbocycles. The van der Waals surface area contributed by atoms with Gasteiger partial charge in [-0.25, -0.2) is 0 Å². The fraction of sp³-hybridized carbons (Fsp3) is 0.875. The molecule has 116 valence electrons. The molecule has 1 saturated carbocycles. The molecule has 0 aromatic rings. The van der Waals surface area contributed by atoms with E-state index in [1.165, 1.54) is 19.3 Å². The lowest BCUT2D eigenvalue weighted by molar-refractivity contribution is -0.142. The Kier molecular flexibility index (Phi) is 7.63. The molecule has 1 amide bonds. The topological polar surface area (TPSA) is 66.4 Å². The molecule has 2 N–H and O–H groups in total. The zero-order valence-electron chi connectivity index (χ0n) is 12.9. The summed E-state index contributed by atoms with van der Waals surface area (Å²) in [6, 6.07) is 0.315. The van der Waals surface area contributed by atoms with Gasteiger partial charge >= 0.3 is 5.97 Å². The Morgan fingerprint density at radius 3 is 2.30 bits per heavy atom. The van der Waals surface area contributed by atoms with Crippen LogP contribution in [0.5, 0.6) is 0 Å². The zero-order chi connectivity index (χ0) is 15.0. The molecule has 20 heavy (non-hydrogen) atoms. The van der Waals surface area contributed by atoms with E-state index in [1.807, 2.05) is 0 Å². The number of carbonyl (C=O) groups excluding carboxylic acids is 1. The number of rotatable bonds is 8. The fourth-order valence-electron chi connectivity index (χ4n) is 2.78. The van der Waals surface area contributed by atoms with E-state index in [1.54, 1.807) is 0 Å². The quantitative estimate of drug-likeness (QED) is 0.718. The van der Waals surface area contributed by atoms with Crippen LogP contribution in [-0.2, 0) is 9.59 Å². The van der Waals surface area contributed by atoms with Crippen molar-refractivity contribution in [2.45, 2.75) is 77.7 Å². The lowest BCUT2D eigenvalue weighted by Gasteiger charge is -2.23. The summed E-state index contributed by atoms with van der Waals surface area (Å²) >= 11 is 0. The summed E-state index contributed by atoms with van der Waals surface area (Å²) in [7, 11) is 0. The van der Waals surface area contributed by atoms with Crippen molar-refractivity contribution in [3.8, 4) is 0 Å². The number of carboxylic acid groups (broad SMARTS) is 1. The van der Waals surface area contributed by atoms with Crippen LogP contribution < -0.4 is 5.32 Å². The Hall–Kier alpha value is -1.06. The van der Waals surface area contributed by atoms with Gasteiger partial charge in [0.2, 0.25) is 5.91 Å². The summed E-state index contributed by atoms with van der Waals surface area (Å²) < 4.78 is 0. The maximum Gasteiger partial charge on any atom is 0.306 e. The number of hydrogen-bond donors (Lipinski definition) is 2. The number of carbonyl (C=O) groups is 2. The Bertz CT molecular complexity index is 309. The second-order valence-corrected chi connectivity index (χ2v) is 6.45. The first-order valence-electron chi connectivity index (χ1n) is 8.01. The molecule has 1 rings (SSSR count).